The van der Waals surface area contributed by atoms with Crippen LogP contribution in [0, 0.1) is 5.82 Å². The Kier molecular flexibility index (Phi) is 5.56. The van der Waals surface area contributed by atoms with Gasteiger partial charge in [-0.15, -0.1) is 0 Å². The molecule has 0 unspecified atom stereocenters. The van der Waals surface area contributed by atoms with Crippen LogP contribution in [0.1, 0.15) is 0 Å². The summed E-state index contributed by atoms with van der Waals surface area (Å²) in [4.78, 5) is 4.24. The number of ether oxygens (including phenoxy) is 2. The summed E-state index contributed by atoms with van der Waals surface area (Å²) in [7, 11) is -2.01. The van der Waals surface area contributed by atoms with E-state index in [0.717, 1.165) is 29.3 Å². The van der Waals surface area contributed by atoms with Crippen LogP contribution in [0.3, 0.4) is 0 Å². The lowest BCUT2D eigenvalue weighted by Gasteiger charge is -2.13. The minimum atomic E-state index is -3.59. The van der Waals surface area contributed by atoms with Gasteiger partial charge in [-0.1, -0.05) is 23.7 Å². The summed E-state index contributed by atoms with van der Waals surface area (Å²) >= 11 is 6.47. The predicted octanol–water partition coefficient (Wildman–Crippen LogP) is 5.90. The SMILES string of the molecule is COc1cccc2c(-c3cc(Oc4cc(F)cc(S(C)(=O)=O)c4)ccc3Cl)ccnc12. The second-order valence-corrected chi connectivity index (χ2v) is 9.28. The molecule has 0 fully saturated rings. The number of pyridine rings is 1. The highest BCUT2D eigenvalue weighted by atomic mass is 35.5. The Morgan fingerprint density at radius 2 is 1.77 bits per heavy atom. The molecule has 0 aliphatic rings. The lowest BCUT2D eigenvalue weighted by Crippen LogP contribution is -1.98. The Morgan fingerprint density at radius 3 is 2.52 bits per heavy atom. The van der Waals surface area contributed by atoms with Gasteiger partial charge in [0.25, 0.3) is 0 Å². The molecule has 4 aromatic rings. The first kappa shape index (κ1) is 21.1. The summed E-state index contributed by atoms with van der Waals surface area (Å²) in [6, 6.07) is 15.8. The Bertz CT molecular complexity index is 1410. The average Bonchev–Trinajstić information content (AvgIpc) is 2.73. The van der Waals surface area contributed by atoms with Gasteiger partial charge in [-0.2, -0.15) is 0 Å². The van der Waals surface area contributed by atoms with Crippen molar-refractivity contribution < 1.29 is 22.3 Å². The van der Waals surface area contributed by atoms with E-state index in [0.29, 0.717) is 27.6 Å². The molecule has 4 rings (SSSR count). The molecular formula is C23H17ClFNO4S. The number of aromatic nitrogens is 1. The second kappa shape index (κ2) is 8.17. The smallest absolute Gasteiger partial charge is 0.175 e. The first-order chi connectivity index (χ1) is 14.8. The zero-order valence-corrected chi connectivity index (χ0v) is 18.2. The quantitative estimate of drug-likeness (QED) is 0.373. The maximum atomic E-state index is 13.9. The minimum Gasteiger partial charge on any atom is -0.494 e. The molecule has 0 radical (unpaired) electrons. The molecule has 1 aromatic heterocycles. The molecule has 3 aromatic carbocycles. The Hall–Kier alpha value is -3.16. The third-order valence-corrected chi connectivity index (χ3v) is 6.11. The molecule has 0 amide bonds. The highest BCUT2D eigenvalue weighted by molar-refractivity contribution is 7.90. The highest BCUT2D eigenvalue weighted by Gasteiger charge is 2.14. The second-order valence-electron chi connectivity index (χ2n) is 6.85. The van der Waals surface area contributed by atoms with Crippen LogP contribution in [0.15, 0.2) is 71.8 Å². The first-order valence-corrected chi connectivity index (χ1v) is 11.4. The molecule has 0 aliphatic carbocycles. The third kappa shape index (κ3) is 4.33. The fourth-order valence-corrected chi connectivity index (χ4v) is 4.15. The van der Waals surface area contributed by atoms with Gasteiger partial charge in [0.2, 0.25) is 0 Å². The molecule has 0 spiro atoms. The number of halogens is 2. The molecule has 0 saturated carbocycles. The van der Waals surface area contributed by atoms with Gasteiger partial charge in [-0.25, -0.2) is 12.8 Å². The predicted molar refractivity (Wildman–Crippen MR) is 118 cm³/mol. The van der Waals surface area contributed by atoms with Crippen molar-refractivity contribution in [2.75, 3.05) is 13.4 Å². The van der Waals surface area contributed by atoms with E-state index in [9.17, 15) is 12.8 Å². The van der Waals surface area contributed by atoms with Crippen molar-refractivity contribution in [3.05, 3.63) is 77.7 Å². The monoisotopic (exact) mass is 457 g/mol. The Labute approximate surface area is 183 Å². The van der Waals surface area contributed by atoms with E-state index >= 15 is 0 Å². The van der Waals surface area contributed by atoms with Crippen LogP contribution in [0.2, 0.25) is 5.02 Å². The van der Waals surface area contributed by atoms with Crippen LogP contribution < -0.4 is 9.47 Å². The van der Waals surface area contributed by atoms with Gasteiger partial charge < -0.3 is 9.47 Å². The standard InChI is InChI=1S/C23H17ClFNO4S/c1-29-22-5-3-4-19-18(8-9-26-23(19)22)20-13-15(6-7-21(20)24)30-16-10-14(25)11-17(12-16)31(2,27)28/h3-13H,1-2H3. The molecule has 0 saturated heterocycles. The molecule has 5 nitrogen and oxygen atoms in total. The van der Waals surface area contributed by atoms with Gasteiger partial charge in [-0.3, -0.25) is 4.98 Å². The van der Waals surface area contributed by atoms with Crippen LogP contribution >= 0.6 is 11.6 Å². The molecule has 1 heterocycles. The summed E-state index contributed by atoms with van der Waals surface area (Å²) in [5.41, 5.74) is 2.18. The van der Waals surface area contributed by atoms with Gasteiger partial charge in [-0.05, 0) is 48.0 Å². The fourth-order valence-electron chi connectivity index (χ4n) is 3.27. The van der Waals surface area contributed by atoms with E-state index in [-0.39, 0.29) is 10.6 Å². The number of hydrogen-bond donors (Lipinski definition) is 0. The molecule has 0 aliphatic heterocycles. The summed E-state index contributed by atoms with van der Waals surface area (Å²) in [6.07, 6.45) is 2.67. The lowest BCUT2D eigenvalue weighted by atomic mass is 10.0. The topological polar surface area (TPSA) is 65.5 Å². The van der Waals surface area contributed by atoms with E-state index in [1.807, 2.05) is 24.3 Å². The van der Waals surface area contributed by atoms with Crippen LogP contribution in [0.5, 0.6) is 17.2 Å². The summed E-state index contributed by atoms with van der Waals surface area (Å²) in [5, 5.41) is 1.32. The minimum absolute atomic E-state index is 0.0648. The molecule has 0 bridgehead atoms. The zero-order chi connectivity index (χ0) is 22.2. The van der Waals surface area contributed by atoms with Crippen molar-refractivity contribution in [1.82, 2.24) is 4.98 Å². The van der Waals surface area contributed by atoms with Crippen molar-refractivity contribution in [3.63, 3.8) is 0 Å². The molecule has 0 atom stereocenters. The molecule has 158 valence electrons. The van der Waals surface area contributed by atoms with Gasteiger partial charge in [0, 0.05) is 34.5 Å². The van der Waals surface area contributed by atoms with E-state index < -0.39 is 15.7 Å². The lowest BCUT2D eigenvalue weighted by molar-refractivity contribution is 0.419. The number of para-hydroxylation sites is 1. The number of hydrogen-bond acceptors (Lipinski definition) is 5. The van der Waals surface area contributed by atoms with E-state index in [1.54, 1.807) is 31.5 Å². The van der Waals surface area contributed by atoms with Gasteiger partial charge >= 0.3 is 0 Å². The molecule has 31 heavy (non-hydrogen) atoms. The van der Waals surface area contributed by atoms with Crippen LogP contribution in [-0.4, -0.2) is 26.8 Å². The number of methoxy groups -OCH3 is 1. The van der Waals surface area contributed by atoms with Gasteiger partial charge in [0.05, 0.1) is 12.0 Å². The molecular weight excluding hydrogens is 441 g/mol. The fraction of sp³-hybridized carbons (Fsp3) is 0.0870. The Balaban J connectivity index is 1.80. The maximum Gasteiger partial charge on any atom is 0.175 e. The zero-order valence-electron chi connectivity index (χ0n) is 16.6. The average molecular weight is 458 g/mol. The number of fused-ring (bicyclic) bond motifs is 1. The summed E-state index contributed by atoms with van der Waals surface area (Å²) in [5.74, 6) is 0.363. The van der Waals surface area contributed by atoms with Crippen molar-refractivity contribution in [2.24, 2.45) is 0 Å². The summed E-state index contributed by atoms with van der Waals surface area (Å²) < 4.78 is 48.7. The van der Waals surface area contributed by atoms with Crippen LogP contribution in [-0.2, 0) is 9.84 Å². The molecule has 0 N–H and O–H groups in total. The number of sulfone groups is 1. The van der Waals surface area contributed by atoms with E-state index in [1.165, 1.54) is 6.07 Å². The highest BCUT2D eigenvalue weighted by Crippen LogP contribution is 2.38. The van der Waals surface area contributed by atoms with E-state index in [2.05, 4.69) is 4.98 Å². The molecule has 8 heteroatoms. The normalized spacial score (nSPS) is 11.5. The third-order valence-electron chi connectivity index (χ3n) is 4.69. The van der Waals surface area contributed by atoms with Gasteiger partial charge in [0.1, 0.15) is 28.6 Å². The van der Waals surface area contributed by atoms with Crippen LogP contribution in [0.25, 0.3) is 22.0 Å². The van der Waals surface area contributed by atoms with Crippen molar-refractivity contribution in [2.45, 2.75) is 4.90 Å². The van der Waals surface area contributed by atoms with Crippen molar-refractivity contribution in [1.29, 1.82) is 0 Å². The summed E-state index contributed by atoms with van der Waals surface area (Å²) in [6.45, 7) is 0. The van der Waals surface area contributed by atoms with Gasteiger partial charge in [0.15, 0.2) is 9.84 Å². The Morgan fingerprint density at radius 1 is 0.968 bits per heavy atom. The number of rotatable bonds is 5. The van der Waals surface area contributed by atoms with E-state index in [4.69, 9.17) is 21.1 Å². The number of benzene rings is 3. The van der Waals surface area contributed by atoms with Crippen molar-refractivity contribution >= 4 is 32.3 Å². The van der Waals surface area contributed by atoms with Crippen molar-refractivity contribution in [3.8, 4) is 28.4 Å². The number of nitrogens with zero attached hydrogens (tertiary/aromatic N) is 1. The first-order valence-electron chi connectivity index (χ1n) is 9.16. The van der Waals surface area contributed by atoms with Crippen LogP contribution in [0.4, 0.5) is 4.39 Å². The largest absolute Gasteiger partial charge is 0.494 e. The maximum absolute atomic E-state index is 13.9.